The summed E-state index contributed by atoms with van der Waals surface area (Å²) >= 11 is 8.30. The SMILES string of the molecule is CC(C)(C)c1cc(-c2cc(-c3ccc(C(=O)N4CCC(N)CC4)cc3Cl)cs2)ccn1. The van der Waals surface area contributed by atoms with E-state index in [2.05, 4.69) is 43.3 Å². The Bertz CT molecular complexity index is 1090. The molecule has 2 aromatic heterocycles. The van der Waals surface area contributed by atoms with Crippen LogP contribution in [0.15, 0.2) is 48.0 Å². The number of thiophene rings is 1. The van der Waals surface area contributed by atoms with E-state index in [4.69, 9.17) is 17.3 Å². The summed E-state index contributed by atoms with van der Waals surface area (Å²) in [4.78, 5) is 20.4. The van der Waals surface area contributed by atoms with Gasteiger partial charge in [-0.05, 0) is 59.7 Å². The van der Waals surface area contributed by atoms with E-state index in [0.29, 0.717) is 23.7 Å². The number of piperidine rings is 1. The first-order valence-corrected chi connectivity index (χ1v) is 11.9. The Labute approximate surface area is 193 Å². The summed E-state index contributed by atoms with van der Waals surface area (Å²) in [7, 11) is 0. The van der Waals surface area contributed by atoms with Gasteiger partial charge >= 0.3 is 0 Å². The van der Waals surface area contributed by atoms with Gasteiger partial charge in [-0.2, -0.15) is 0 Å². The van der Waals surface area contributed by atoms with Gasteiger partial charge in [0.25, 0.3) is 5.91 Å². The van der Waals surface area contributed by atoms with Crippen molar-refractivity contribution in [2.24, 2.45) is 5.73 Å². The number of aromatic nitrogens is 1. The van der Waals surface area contributed by atoms with Crippen LogP contribution in [0.4, 0.5) is 0 Å². The average molecular weight is 454 g/mol. The van der Waals surface area contributed by atoms with Crippen molar-refractivity contribution in [3.8, 4) is 21.6 Å². The van der Waals surface area contributed by atoms with Crippen molar-refractivity contribution in [3.05, 3.63) is 64.3 Å². The van der Waals surface area contributed by atoms with Crippen molar-refractivity contribution in [1.82, 2.24) is 9.88 Å². The normalized spacial score (nSPS) is 15.3. The minimum absolute atomic E-state index is 0.00119. The molecule has 4 rings (SSSR count). The van der Waals surface area contributed by atoms with Crippen LogP contribution in [0.1, 0.15) is 49.7 Å². The predicted molar refractivity (Wildman–Crippen MR) is 130 cm³/mol. The summed E-state index contributed by atoms with van der Waals surface area (Å²) in [5.41, 5.74) is 10.8. The van der Waals surface area contributed by atoms with E-state index in [1.807, 2.05) is 29.3 Å². The Balaban J connectivity index is 1.56. The second kappa shape index (κ2) is 8.73. The second-order valence-corrected chi connectivity index (χ2v) is 10.5. The molecule has 4 nitrogen and oxygen atoms in total. The number of likely N-dealkylation sites (tertiary alicyclic amines) is 1. The van der Waals surface area contributed by atoms with Crippen LogP contribution in [-0.2, 0) is 5.41 Å². The number of halogens is 1. The molecule has 31 heavy (non-hydrogen) atoms. The van der Waals surface area contributed by atoms with Crippen molar-refractivity contribution in [3.63, 3.8) is 0 Å². The molecule has 3 heterocycles. The van der Waals surface area contributed by atoms with Crippen LogP contribution in [0.2, 0.25) is 5.02 Å². The highest BCUT2D eigenvalue weighted by Crippen LogP contribution is 2.37. The van der Waals surface area contributed by atoms with E-state index in [9.17, 15) is 4.79 Å². The lowest BCUT2D eigenvalue weighted by atomic mass is 9.90. The molecule has 0 bridgehead atoms. The molecule has 0 atom stereocenters. The highest BCUT2D eigenvalue weighted by Gasteiger charge is 2.22. The number of hydrogen-bond acceptors (Lipinski definition) is 4. The molecule has 6 heteroatoms. The standard InChI is InChI=1S/C25H28ClN3OS/c1-25(2,3)23-14-16(6-9-28-23)22-13-18(15-31-22)20-5-4-17(12-21(20)26)24(30)29-10-7-19(27)8-11-29/h4-6,9,12-15,19H,7-8,10-11,27H2,1-3H3. The topological polar surface area (TPSA) is 59.2 Å². The highest BCUT2D eigenvalue weighted by atomic mass is 35.5. The third-order valence-corrected chi connectivity index (χ3v) is 7.06. The van der Waals surface area contributed by atoms with Gasteiger partial charge < -0.3 is 10.6 Å². The first-order valence-electron chi connectivity index (χ1n) is 10.6. The quantitative estimate of drug-likeness (QED) is 0.529. The Morgan fingerprint density at radius 2 is 1.87 bits per heavy atom. The zero-order valence-corrected chi connectivity index (χ0v) is 19.8. The number of carbonyl (C=O) groups is 1. The molecule has 1 aromatic carbocycles. The zero-order valence-electron chi connectivity index (χ0n) is 18.2. The van der Waals surface area contributed by atoms with Gasteiger partial charge in [-0.25, -0.2) is 0 Å². The number of amides is 1. The lowest BCUT2D eigenvalue weighted by Crippen LogP contribution is -2.42. The van der Waals surface area contributed by atoms with Crippen LogP contribution in [0.3, 0.4) is 0 Å². The summed E-state index contributed by atoms with van der Waals surface area (Å²) in [5, 5.41) is 2.70. The molecular weight excluding hydrogens is 426 g/mol. The largest absolute Gasteiger partial charge is 0.339 e. The van der Waals surface area contributed by atoms with Crippen LogP contribution in [-0.4, -0.2) is 34.9 Å². The van der Waals surface area contributed by atoms with Crippen LogP contribution in [0, 0.1) is 0 Å². The Morgan fingerprint density at radius 1 is 1.13 bits per heavy atom. The van der Waals surface area contributed by atoms with E-state index in [-0.39, 0.29) is 17.4 Å². The molecule has 1 aliphatic rings. The van der Waals surface area contributed by atoms with Crippen LogP contribution < -0.4 is 5.73 Å². The zero-order chi connectivity index (χ0) is 22.2. The van der Waals surface area contributed by atoms with E-state index >= 15 is 0 Å². The lowest BCUT2D eigenvalue weighted by molar-refractivity contribution is 0.0715. The van der Waals surface area contributed by atoms with E-state index in [0.717, 1.165) is 35.2 Å². The fourth-order valence-electron chi connectivity index (χ4n) is 3.79. The highest BCUT2D eigenvalue weighted by molar-refractivity contribution is 7.14. The van der Waals surface area contributed by atoms with E-state index in [1.165, 1.54) is 4.88 Å². The number of nitrogens with two attached hydrogens (primary N) is 1. The van der Waals surface area contributed by atoms with Crippen molar-refractivity contribution in [1.29, 1.82) is 0 Å². The number of hydrogen-bond donors (Lipinski definition) is 1. The molecule has 0 saturated carbocycles. The average Bonchev–Trinajstić information content (AvgIpc) is 3.23. The Morgan fingerprint density at radius 3 is 2.55 bits per heavy atom. The maximum atomic E-state index is 12.8. The maximum absolute atomic E-state index is 12.8. The third-order valence-electron chi connectivity index (χ3n) is 5.77. The lowest BCUT2D eigenvalue weighted by Gasteiger charge is -2.30. The molecule has 0 spiro atoms. The molecule has 1 fully saturated rings. The minimum Gasteiger partial charge on any atom is -0.339 e. The fourth-order valence-corrected chi connectivity index (χ4v) is 4.99. The van der Waals surface area contributed by atoms with Gasteiger partial charge in [0.15, 0.2) is 0 Å². The molecule has 0 radical (unpaired) electrons. The van der Waals surface area contributed by atoms with Gasteiger partial charge in [-0.15, -0.1) is 11.3 Å². The summed E-state index contributed by atoms with van der Waals surface area (Å²) < 4.78 is 0. The van der Waals surface area contributed by atoms with Crippen molar-refractivity contribution >= 4 is 28.8 Å². The van der Waals surface area contributed by atoms with Crippen molar-refractivity contribution in [2.75, 3.05) is 13.1 Å². The molecule has 1 saturated heterocycles. The maximum Gasteiger partial charge on any atom is 0.253 e. The number of nitrogens with zero attached hydrogens (tertiary/aromatic N) is 2. The minimum atomic E-state index is 0.00119. The van der Waals surface area contributed by atoms with Crippen LogP contribution in [0.5, 0.6) is 0 Å². The van der Waals surface area contributed by atoms with Crippen molar-refractivity contribution < 1.29 is 4.79 Å². The number of rotatable bonds is 3. The van der Waals surface area contributed by atoms with Gasteiger partial charge in [0, 0.05) is 57.5 Å². The van der Waals surface area contributed by atoms with E-state index in [1.54, 1.807) is 17.4 Å². The third kappa shape index (κ3) is 4.84. The van der Waals surface area contributed by atoms with Crippen molar-refractivity contribution in [2.45, 2.75) is 45.1 Å². The number of pyridine rings is 1. The molecule has 1 amide bonds. The summed E-state index contributed by atoms with van der Waals surface area (Å²) in [5.74, 6) is 0.0258. The molecular formula is C25H28ClN3OS. The molecule has 162 valence electrons. The molecule has 1 aliphatic heterocycles. The fraction of sp³-hybridized carbons (Fsp3) is 0.360. The number of carbonyl (C=O) groups excluding carboxylic acids is 1. The van der Waals surface area contributed by atoms with Gasteiger partial charge in [-0.3, -0.25) is 9.78 Å². The van der Waals surface area contributed by atoms with E-state index < -0.39 is 0 Å². The van der Waals surface area contributed by atoms with Gasteiger partial charge in [0.1, 0.15) is 0 Å². The molecule has 0 unspecified atom stereocenters. The molecule has 3 aromatic rings. The smallest absolute Gasteiger partial charge is 0.253 e. The van der Waals surface area contributed by atoms with Gasteiger partial charge in [0.05, 0.1) is 0 Å². The van der Waals surface area contributed by atoms with Gasteiger partial charge in [0.2, 0.25) is 0 Å². The summed E-state index contributed by atoms with van der Waals surface area (Å²) in [6, 6.07) is 12.2. The molecule has 0 aliphatic carbocycles. The Hall–Kier alpha value is -2.21. The monoisotopic (exact) mass is 453 g/mol. The Kier molecular flexibility index (Phi) is 6.20. The van der Waals surface area contributed by atoms with Crippen LogP contribution >= 0.6 is 22.9 Å². The summed E-state index contributed by atoms with van der Waals surface area (Å²) in [6.07, 6.45) is 3.57. The summed E-state index contributed by atoms with van der Waals surface area (Å²) in [6.45, 7) is 7.91. The van der Waals surface area contributed by atoms with Crippen LogP contribution in [0.25, 0.3) is 21.6 Å². The second-order valence-electron chi connectivity index (χ2n) is 9.20. The first kappa shape index (κ1) is 22.0. The number of benzene rings is 1. The molecule has 2 N–H and O–H groups in total. The first-order chi connectivity index (χ1) is 14.7. The predicted octanol–water partition coefficient (Wildman–Crippen LogP) is 5.99. The van der Waals surface area contributed by atoms with Gasteiger partial charge in [-0.1, -0.05) is 38.4 Å².